The number of ether oxygens (including phenoxy) is 1. The summed E-state index contributed by atoms with van der Waals surface area (Å²) in [5, 5.41) is 0. The fourth-order valence-corrected chi connectivity index (χ4v) is 1.96. The molecule has 1 saturated heterocycles. The van der Waals surface area contributed by atoms with Crippen molar-refractivity contribution >= 4 is 0 Å². The zero-order chi connectivity index (χ0) is 11.4. The predicted octanol–water partition coefficient (Wildman–Crippen LogP) is 1.39. The standard InChI is InChI=1S/C12H24N2O/c1-9(2)7-11(13)12-8-14(10(3)4)5-6-15-12/h10-12H,1,5-8,13H2,2-4H3. The highest BCUT2D eigenvalue weighted by atomic mass is 16.5. The van der Waals surface area contributed by atoms with Gasteiger partial charge in [-0.1, -0.05) is 5.57 Å². The van der Waals surface area contributed by atoms with E-state index in [2.05, 4.69) is 25.3 Å². The fourth-order valence-electron chi connectivity index (χ4n) is 1.96. The van der Waals surface area contributed by atoms with Crippen molar-refractivity contribution in [2.45, 2.75) is 45.4 Å². The zero-order valence-electron chi connectivity index (χ0n) is 10.2. The largest absolute Gasteiger partial charge is 0.374 e. The van der Waals surface area contributed by atoms with Gasteiger partial charge in [0.05, 0.1) is 12.7 Å². The van der Waals surface area contributed by atoms with E-state index in [1.807, 2.05) is 6.92 Å². The molecule has 3 heteroatoms. The van der Waals surface area contributed by atoms with Crippen LogP contribution in [-0.4, -0.2) is 42.8 Å². The number of rotatable bonds is 4. The molecule has 3 nitrogen and oxygen atoms in total. The molecule has 0 aromatic carbocycles. The summed E-state index contributed by atoms with van der Waals surface area (Å²) < 4.78 is 5.71. The molecule has 0 amide bonds. The van der Waals surface area contributed by atoms with E-state index in [4.69, 9.17) is 10.5 Å². The lowest BCUT2D eigenvalue weighted by Gasteiger charge is -2.38. The second kappa shape index (κ2) is 5.64. The average molecular weight is 212 g/mol. The lowest BCUT2D eigenvalue weighted by Crippen LogP contribution is -2.52. The molecule has 2 atom stereocenters. The molecule has 1 aliphatic rings. The van der Waals surface area contributed by atoms with E-state index in [1.165, 1.54) is 0 Å². The molecule has 1 rings (SSSR count). The Bertz CT molecular complexity index is 216. The second-order valence-electron chi connectivity index (χ2n) is 4.82. The van der Waals surface area contributed by atoms with Crippen LogP contribution in [0.5, 0.6) is 0 Å². The van der Waals surface area contributed by atoms with Crippen molar-refractivity contribution in [2.75, 3.05) is 19.7 Å². The van der Waals surface area contributed by atoms with Gasteiger partial charge in [-0.2, -0.15) is 0 Å². The summed E-state index contributed by atoms with van der Waals surface area (Å²) in [6.45, 7) is 13.1. The quantitative estimate of drug-likeness (QED) is 0.716. The molecule has 88 valence electrons. The Hall–Kier alpha value is -0.380. The van der Waals surface area contributed by atoms with Gasteiger partial charge in [0.1, 0.15) is 0 Å². The molecular weight excluding hydrogens is 188 g/mol. The molecule has 1 heterocycles. The van der Waals surface area contributed by atoms with Crippen LogP contribution in [0, 0.1) is 0 Å². The van der Waals surface area contributed by atoms with Crippen molar-refractivity contribution in [1.29, 1.82) is 0 Å². The van der Waals surface area contributed by atoms with Gasteiger partial charge < -0.3 is 10.5 Å². The summed E-state index contributed by atoms with van der Waals surface area (Å²) in [7, 11) is 0. The lowest BCUT2D eigenvalue weighted by atomic mass is 10.0. The molecule has 0 aromatic heterocycles. The molecule has 0 radical (unpaired) electrons. The molecule has 15 heavy (non-hydrogen) atoms. The Morgan fingerprint density at radius 1 is 1.60 bits per heavy atom. The van der Waals surface area contributed by atoms with Gasteiger partial charge in [-0.15, -0.1) is 6.58 Å². The first-order chi connectivity index (χ1) is 7.00. The van der Waals surface area contributed by atoms with E-state index < -0.39 is 0 Å². The molecule has 0 bridgehead atoms. The van der Waals surface area contributed by atoms with Crippen LogP contribution in [0.2, 0.25) is 0 Å². The summed E-state index contributed by atoms with van der Waals surface area (Å²) in [5.74, 6) is 0. The highest BCUT2D eigenvalue weighted by Crippen LogP contribution is 2.14. The van der Waals surface area contributed by atoms with Crippen molar-refractivity contribution in [3.8, 4) is 0 Å². The molecule has 0 aliphatic carbocycles. The highest BCUT2D eigenvalue weighted by Gasteiger charge is 2.26. The molecule has 2 N–H and O–H groups in total. The molecular formula is C12H24N2O. The van der Waals surface area contributed by atoms with Crippen LogP contribution in [0.15, 0.2) is 12.2 Å². The number of morpholine rings is 1. The first kappa shape index (κ1) is 12.7. The van der Waals surface area contributed by atoms with Gasteiger partial charge in [-0.3, -0.25) is 4.90 Å². The van der Waals surface area contributed by atoms with Crippen molar-refractivity contribution in [2.24, 2.45) is 5.73 Å². The zero-order valence-corrected chi connectivity index (χ0v) is 10.2. The van der Waals surface area contributed by atoms with E-state index in [-0.39, 0.29) is 12.1 Å². The normalized spacial score (nSPS) is 25.5. The van der Waals surface area contributed by atoms with Gasteiger partial charge in [-0.05, 0) is 27.2 Å². The van der Waals surface area contributed by atoms with Gasteiger partial charge >= 0.3 is 0 Å². The molecule has 2 unspecified atom stereocenters. The minimum absolute atomic E-state index is 0.0871. The molecule has 0 aromatic rings. The Labute approximate surface area is 93.3 Å². The van der Waals surface area contributed by atoms with Crippen molar-refractivity contribution < 1.29 is 4.74 Å². The molecule has 0 spiro atoms. The minimum Gasteiger partial charge on any atom is -0.374 e. The second-order valence-corrected chi connectivity index (χ2v) is 4.82. The number of hydrogen-bond acceptors (Lipinski definition) is 3. The van der Waals surface area contributed by atoms with Gasteiger partial charge in [-0.25, -0.2) is 0 Å². The highest BCUT2D eigenvalue weighted by molar-refractivity contribution is 4.95. The lowest BCUT2D eigenvalue weighted by molar-refractivity contribution is -0.0495. The maximum Gasteiger partial charge on any atom is 0.0856 e. The van der Waals surface area contributed by atoms with Crippen LogP contribution < -0.4 is 5.73 Å². The van der Waals surface area contributed by atoms with Crippen molar-refractivity contribution in [1.82, 2.24) is 4.90 Å². The molecule has 1 fully saturated rings. The van der Waals surface area contributed by atoms with E-state index in [0.29, 0.717) is 6.04 Å². The Morgan fingerprint density at radius 3 is 2.80 bits per heavy atom. The average Bonchev–Trinajstić information content (AvgIpc) is 2.17. The topological polar surface area (TPSA) is 38.5 Å². The first-order valence-corrected chi connectivity index (χ1v) is 5.76. The van der Waals surface area contributed by atoms with Crippen LogP contribution in [0.25, 0.3) is 0 Å². The van der Waals surface area contributed by atoms with E-state index in [0.717, 1.165) is 31.7 Å². The monoisotopic (exact) mass is 212 g/mol. The Balaban J connectivity index is 2.44. The summed E-state index contributed by atoms with van der Waals surface area (Å²) in [4.78, 5) is 2.42. The van der Waals surface area contributed by atoms with Crippen LogP contribution in [-0.2, 0) is 4.74 Å². The maximum atomic E-state index is 6.10. The number of nitrogens with two attached hydrogens (primary N) is 1. The Morgan fingerprint density at radius 2 is 2.27 bits per heavy atom. The van der Waals surface area contributed by atoms with Crippen molar-refractivity contribution in [3.05, 3.63) is 12.2 Å². The van der Waals surface area contributed by atoms with Crippen LogP contribution >= 0.6 is 0 Å². The predicted molar refractivity (Wildman–Crippen MR) is 63.9 cm³/mol. The Kier molecular flexibility index (Phi) is 4.77. The smallest absolute Gasteiger partial charge is 0.0856 e. The van der Waals surface area contributed by atoms with E-state index in [9.17, 15) is 0 Å². The fraction of sp³-hybridized carbons (Fsp3) is 0.833. The maximum absolute atomic E-state index is 6.10. The SMILES string of the molecule is C=C(C)CC(N)C1CN(C(C)C)CCO1. The van der Waals surface area contributed by atoms with E-state index >= 15 is 0 Å². The number of nitrogens with zero attached hydrogens (tertiary/aromatic N) is 1. The summed E-state index contributed by atoms with van der Waals surface area (Å²) >= 11 is 0. The third kappa shape index (κ3) is 3.93. The summed E-state index contributed by atoms with van der Waals surface area (Å²) in [6.07, 6.45) is 1.02. The van der Waals surface area contributed by atoms with E-state index in [1.54, 1.807) is 0 Å². The van der Waals surface area contributed by atoms with Gasteiger partial charge in [0.15, 0.2) is 0 Å². The summed E-state index contributed by atoms with van der Waals surface area (Å²) in [6, 6.07) is 0.664. The minimum atomic E-state index is 0.0871. The van der Waals surface area contributed by atoms with Crippen LogP contribution in [0.3, 0.4) is 0 Å². The molecule has 1 aliphatic heterocycles. The third-order valence-electron chi connectivity index (χ3n) is 2.92. The number of hydrogen-bond donors (Lipinski definition) is 1. The van der Waals surface area contributed by atoms with Gasteiger partial charge in [0, 0.05) is 25.2 Å². The van der Waals surface area contributed by atoms with Gasteiger partial charge in [0.2, 0.25) is 0 Å². The van der Waals surface area contributed by atoms with Crippen LogP contribution in [0.4, 0.5) is 0 Å². The van der Waals surface area contributed by atoms with Crippen molar-refractivity contribution in [3.63, 3.8) is 0 Å². The van der Waals surface area contributed by atoms with Crippen LogP contribution in [0.1, 0.15) is 27.2 Å². The summed E-state index contributed by atoms with van der Waals surface area (Å²) in [5.41, 5.74) is 7.23. The first-order valence-electron chi connectivity index (χ1n) is 5.76. The molecule has 0 saturated carbocycles. The van der Waals surface area contributed by atoms with Gasteiger partial charge in [0.25, 0.3) is 0 Å². The third-order valence-corrected chi connectivity index (χ3v) is 2.92.